The van der Waals surface area contributed by atoms with E-state index in [1.165, 1.54) is 6.42 Å². The quantitative estimate of drug-likeness (QED) is 0.413. The van der Waals surface area contributed by atoms with Gasteiger partial charge in [-0.25, -0.2) is 14.4 Å². The van der Waals surface area contributed by atoms with Gasteiger partial charge in [0.15, 0.2) is 0 Å². The minimum absolute atomic E-state index is 0.331. The maximum atomic E-state index is 10.2. The van der Waals surface area contributed by atoms with Gasteiger partial charge < -0.3 is 15.3 Å². The lowest BCUT2D eigenvalue weighted by molar-refractivity contribution is 0.0686. The van der Waals surface area contributed by atoms with Gasteiger partial charge in [-0.05, 0) is 41.8 Å². The number of aromatic carboxylic acids is 3. The van der Waals surface area contributed by atoms with Crippen LogP contribution in [0.15, 0.2) is 91.0 Å². The number of hydrogen-bond acceptors (Lipinski definition) is 3. The lowest BCUT2D eigenvalue weighted by Gasteiger charge is -2.12. The molecule has 0 saturated heterocycles. The Hall–Kier alpha value is -3.93. The summed E-state index contributed by atoms with van der Waals surface area (Å²) in [4.78, 5) is 30.6. The molecule has 0 atom stereocenters. The Morgan fingerprint density at radius 1 is 0.545 bits per heavy atom. The van der Waals surface area contributed by atoms with E-state index in [4.69, 9.17) is 15.3 Å². The van der Waals surface area contributed by atoms with Gasteiger partial charge >= 0.3 is 17.9 Å². The van der Waals surface area contributed by atoms with E-state index in [9.17, 15) is 14.4 Å². The molecule has 0 aliphatic heterocycles. The van der Waals surface area contributed by atoms with Crippen LogP contribution >= 0.6 is 0 Å². The van der Waals surface area contributed by atoms with E-state index in [2.05, 4.69) is 27.7 Å². The van der Waals surface area contributed by atoms with Crippen LogP contribution in [0.4, 0.5) is 0 Å². The molecule has 3 rings (SSSR count). The van der Waals surface area contributed by atoms with Crippen molar-refractivity contribution in [1.29, 1.82) is 0 Å². The minimum atomic E-state index is -0.879. The lowest BCUT2D eigenvalue weighted by atomic mass is 9.94. The van der Waals surface area contributed by atoms with Crippen LogP contribution in [-0.4, -0.2) is 33.2 Å². The van der Waals surface area contributed by atoms with Gasteiger partial charge in [0.25, 0.3) is 0 Å². The fourth-order valence-corrected chi connectivity index (χ4v) is 1.74. The van der Waals surface area contributed by atoms with E-state index in [1.807, 2.05) is 0 Å². The summed E-state index contributed by atoms with van der Waals surface area (Å²) in [5.74, 6) is -2.64. The maximum absolute atomic E-state index is 10.2. The Morgan fingerprint density at radius 3 is 0.818 bits per heavy atom. The summed E-state index contributed by atoms with van der Waals surface area (Å²) in [5.41, 5.74) is 1.53. The number of carboxylic acid groups (broad SMARTS) is 3. The second kappa shape index (κ2) is 15.8. The average Bonchev–Trinajstić information content (AvgIpc) is 2.81. The van der Waals surface area contributed by atoms with Crippen molar-refractivity contribution in [3.8, 4) is 0 Å². The summed E-state index contributed by atoms with van der Waals surface area (Å²) in [5, 5.41) is 25.2. The normalized spacial score (nSPS) is 9.45. The van der Waals surface area contributed by atoms with Gasteiger partial charge in [0, 0.05) is 0 Å². The number of rotatable bonds is 3. The van der Waals surface area contributed by atoms with Crippen LogP contribution in [0, 0.1) is 5.41 Å². The van der Waals surface area contributed by atoms with E-state index in [1.54, 1.807) is 91.0 Å². The molecule has 6 nitrogen and oxygen atoms in total. The molecule has 3 aromatic carbocycles. The summed E-state index contributed by atoms with van der Waals surface area (Å²) >= 11 is 0. The van der Waals surface area contributed by atoms with Gasteiger partial charge in [-0.2, -0.15) is 0 Å². The fourth-order valence-electron chi connectivity index (χ4n) is 1.74. The summed E-state index contributed by atoms with van der Waals surface area (Å²) in [6.07, 6.45) is 1.27. The van der Waals surface area contributed by atoms with Crippen molar-refractivity contribution in [2.24, 2.45) is 5.41 Å². The van der Waals surface area contributed by atoms with Crippen LogP contribution in [-0.2, 0) is 0 Å². The van der Waals surface area contributed by atoms with Crippen LogP contribution in [0.25, 0.3) is 0 Å². The highest BCUT2D eigenvalue weighted by Gasteiger charge is 2.03. The Kier molecular flexibility index (Phi) is 13.9. The Balaban J connectivity index is 0.000000419. The largest absolute Gasteiger partial charge is 0.478 e. The first kappa shape index (κ1) is 29.1. The van der Waals surface area contributed by atoms with Crippen molar-refractivity contribution in [2.75, 3.05) is 0 Å². The molecule has 176 valence electrons. The van der Waals surface area contributed by atoms with E-state index >= 15 is 0 Å². The summed E-state index contributed by atoms with van der Waals surface area (Å²) in [6, 6.07) is 24.9. The molecule has 0 unspecified atom stereocenters. The van der Waals surface area contributed by atoms with Crippen molar-refractivity contribution in [2.45, 2.75) is 34.1 Å². The van der Waals surface area contributed by atoms with Crippen LogP contribution < -0.4 is 0 Å². The molecule has 3 N–H and O–H groups in total. The van der Waals surface area contributed by atoms with Crippen molar-refractivity contribution < 1.29 is 29.7 Å². The lowest BCUT2D eigenvalue weighted by Crippen LogP contribution is -2.00. The minimum Gasteiger partial charge on any atom is -0.478 e. The molecule has 0 radical (unpaired) electrons. The molecule has 3 aromatic rings. The first-order valence-corrected chi connectivity index (χ1v) is 10.3. The standard InChI is InChI=1S/3C7H6O2.C6H14/c3*8-7(9)6-4-2-1-3-5-6;1-5-6(2,3)4/h3*1-5H,(H,8,9);5H2,1-4H3. The van der Waals surface area contributed by atoms with Crippen LogP contribution in [0.1, 0.15) is 65.2 Å². The van der Waals surface area contributed by atoms with Crippen molar-refractivity contribution >= 4 is 17.9 Å². The Labute approximate surface area is 195 Å². The molecule has 6 heteroatoms. The highest BCUT2D eigenvalue weighted by atomic mass is 16.4. The van der Waals surface area contributed by atoms with E-state index < -0.39 is 17.9 Å². The molecule has 0 aromatic heterocycles. The molecule has 33 heavy (non-hydrogen) atoms. The predicted octanol–water partition coefficient (Wildman–Crippen LogP) is 6.60. The first-order chi connectivity index (χ1) is 15.5. The molecular weight excluding hydrogens is 420 g/mol. The van der Waals surface area contributed by atoms with E-state index in [0.29, 0.717) is 22.1 Å². The maximum Gasteiger partial charge on any atom is 0.335 e. The zero-order valence-electron chi connectivity index (χ0n) is 19.4. The van der Waals surface area contributed by atoms with Crippen LogP contribution in [0.3, 0.4) is 0 Å². The molecule has 0 aliphatic carbocycles. The molecule has 0 fully saturated rings. The monoisotopic (exact) mass is 452 g/mol. The first-order valence-electron chi connectivity index (χ1n) is 10.3. The zero-order chi connectivity index (χ0) is 25.3. The van der Waals surface area contributed by atoms with Gasteiger partial charge in [0.2, 0.25) is 0 Å². The van der Waals surface area contributed by atoms with Crippen LogP contribution in [0.2, 0.25) is 0 Å². The topological polar surface area (TPSA) is 112 Å². The second-order valence-electron chi connectivity index (χ2n) is 7.93. The number of carboxylic acids is 3. The Bertz CT molecular complexity index is 828. The molecular formula is C27H32O6. The van der Waals surface area contributed by atoms with E-state index in [-0.39, 0.29) is 0 Å². The smallest absolute Gasteiger partial charge is 0.335 e. The molecule has 0 saturated carbocycles. The molecule has 0 bridgehead atoms. The molecule has 0 heterocycles. The molecule has 0 spiro atoms. The summed E-state index contributed by atoms with van der Waals surface area (Å²) in [7, 11) is 0. The predicted molar refractivity (Wildman–Crippen MR) is 130 cm³/mol. The SMILES string of the molecule is CCC(C)(C)C.O=C(O)c1ccccc1.O=C(O)c1ccccc1.O=C(O)c1ccccc1. The Morgan fingerprint density at radius 2 is 0.727 bits per heavy atom. The van der Waals surface area contributed by atoms with Gasteiger partial charge in [-0.3, -0.25) is 0 Å². The van der Waals surface area contributed by atoms with Crippen molar-refractivity contribution in [3.63, 3.8) is 0 Å². The van der Waals surface area contributed by atoms with Gasteiger partial charge in [0.05, 0.1) is 16.7 Å². The van der Waals surface area contributed by atoms with Crippen molar-refractivity contribution in [1.82, 2.24) is 0 Å². The highest BCUT2D eigenvalue weighted by Crippen LogP contribution is 2.16. The van der Waals surface area contributed by atoms with Crippen molar-refractivity contribution in [3.05, 3.63) is 108 Å². The third-order valence-electron chi connectivity index (χ3n) is 4.12. The third-order valence-corrected chi connectivity index (χ3v) is 4.12. The molecule has 0 amide bonds. The highest BCUT2D eigenvalue weighted by molar-refractivity contribution is 5.88. The van der Waals surface area contributed by atoms with Gasteiger partial charge in [-0.15, -0.1) is 0 Å². The number of carbonyl (C=O) groups is 3. The number of hydrogen-bond donors (Lipinski definition) is 3. The average molecular weight is 453 g/mol. The summed E-state index contributed by atoms with van der Waals surface area (Å²) in [6.45, 7) is 8.94. The van der Waals surface area contributed by atoms with Gasteiger partial charge in [0.1, 0.15) is 0 Å². The fraction of sp³-hybridized carbons (Fsp3) is 0.222. The molecule has 0 aliphatic rings. The van der Waals surface area contributed by atoms with Crippen LogP contribution in [0.5, 0.6) is 0 Å². The zero-order valence-corrected chi connectivity index (χ0v) is 19.4. The van der Waals surface area contributed by atoms with E-state index in [0.717, 1.165) is 0 Å². The number of benzene rings is 3. The third kappa shape index (κ3) is 15.5. The summed E-state index contributed by atoms with van der Waals surface area (Å²) < 4.78 is 0. The second-order valence-corrected chi connectivity index (χ2v) is 7.93. The van der Waals surface area contributed by atoms with Gasteiger partial charge in [-0.1, -0.05) is 88.7 Å².